The second-order valence-electron chi connectivity index (χ2n) is 7.92. The van der Waals surface area contributed by atoms with Gasteiger partial charge in [0.05, 0.1) is 12.6 Å². The molecule has 28 heavy (non-hydrogen) atoms. The first-order valence-electron chi connectivity index (χ1n) is 10.3. The molecule has 1 fully saturated rings. The van der Waals surface area contributed by atoms with Gasteiger partial charge in [0.25, 0.3) is 0 Å². The lowest BCUT2D eigenvalue weighted by Crippen LogP contribution is -2.24. The molecule has 0 bridgehead atoms. The van der Waals surface area contributed by atoms with Crippen LogP contribution in [0.3, 0.4) is 0 Å². The van der Waals surface area contributed by atoms with Crippen LogP contribution in [0.25, 0.3) is 0 Å². The Hall–Kier alpha value is -2.37. The van der Waals surface area contributed by atoms with Crippen molar-refractivity contribution in [1.29, 1.82) is 0 Å². The Kier molecular flexibility index (Phi) is 5.93. The zero-order chi connectivity index (χ0) is 19.3. The molecule has 1 atom stereocenters. The number of nitrogens with one attached hydrogen (secondary N) is 1. The number of aliphatic hydroxyl groups is 1. The SMILES string of the molecule is NC(=NCc1ccccc1CN1CCC(O)C1)Nc1cccc2c1CCCC2. The molecule has 148 valence electrons. The van der Waals surface area contributed by atoms with Crippen molar-refractivity contribution in [3.63, 3.8) is 0 Å². The molecule has 0 aromatic heterocycles. The normalized spacial score (nSPS) is 20.2. The number of rotatable bonds is 5. The van der Waals surface area contributed by atoms with Gasteiger partial charge in [0.2, 0.25) is 0 Å². The maximum absolute atomic E-state index is 9.76. The first kappa shape index (κ1) is 19.0. The van der Waals surface area contributed by atoms with Crippen LogP contribution >= 0.6 is 0 Å². The molecule has 2 aromatic rings. The van der Waals surface area contributed by atoms with E-state index >= 15 is 0 Å². The highest BCUT2D eigenvalue weighted by Crippen LogP contribution is 2.27. The Bertz CT molecular complexity index is 848. The van der Waals surface area contributed by atoms with E-state index in [0.717, 1.165) is 44.6 Å². The van der Waals surface area contributed by atoms with Crippen molar-refractivity contribution in [1.82, 2.24) is 4.90 Å². The molecule has 2 aromatic carbocycles. The van der Waals surface area contributed by atoms with Gasteiger partial charge in [-0.25, -0.2) is 4.99 Å². The van der Waals surface area contributed by atoms with E-state index in [1.165, 1.54) is 35.1 Å². The molecule has 5 heteroatoms. The lowest BCUT2D eigenvalue weighted by Gasteiger charge is -2.20. The van der Waals surface area contributed by atoms with Crippen LogP contribution in [-0.4, -0.2) is 35.2 Å². The van der Waals surface area contributed by atoms with Gasteiger partial charge in [-0.15, -0.1) is 0 Å². The Morgan fingerprint density at radius 2 is 1.93 bits per heavy atom. The van der Waals surface area contributed by atoms with E-state index < -0.39 is 0 Å². The molecule has 1 heterocycles. The first-order chi connectivity index (χ1) is 13.7. The fourth-order valence-electron chi connectivity index (χ4n) is 4.31. The summed E-state index contributed by atoms with van der Waals surface area (Å²) >= 11 is 0. The van der Waals surface area contributed by atoms with E-state index in [0.29, 0.717) is 12.5 Å². The predicted octanol–water partition coefficient (Wildman–Crippen LogP) is 3.06. The fraction of sp³-hybridized carbons (Fsp3) is 0.435. The topological polar surface area (TPSA) is 73.9 Å². The van der Waals surface area contributed by atoms with Crippen molar-refractivity contribution in [2.75, 3.05) is 18.4 Å². The number of likely N-dealkylation sites (tertiary alicyclic amines) is 1. The smallest absolute Gasteiger partial charge is 0.193 e. The molecule has 1 aliphatic heterocycles. The van der Waals surface area contributed by atoms with Crippen molar-refractivity contribution >= 4 is 11.6 Å². The van der Waals surface area contributed by atoms with Crippen LogP contribution in [0, 0.1) is 0 Å². The van der Waals surface area contributed by atoms with Gasteiger partial charge >= 0.3 is 0 Å². The lowest BCUT2D eigenvalue weighted by atomic mass is 9.90. The number of nitrogens with two attached hydrogens (primary N) is 1. The zero-order valence-electron chi connectivity index (χ0n) is 16.4. The van der Waals surface area contributed by atoms with Gasteiger partial charge in [0, 0.05) is 25.3 Å². The van der Waals surface area contributed by atoms with Gasteiger partial charge in [-0.1, -0.05) is 36.4 Å². The van der Waals surface area contributed by atoms with Crippen LogP contribution in [0.5, 0.6) is 0 Å². The number of aryl methyl sites for hydroxylation is 1. The van der Waals surface area contributed by atoms with E-state index in [4.69, 9.17) is 5.73 Å². The Labute approximate surface area is 167 Å². The molecule has 1 saturated heterocycles. The maximum atomic E-state index is 9.76. The summed E-state index contributed by atoms with van der Waals surface area (Å²) in [7, 11) is 0. The monoisotopic (exact) mass is 378 g/mol. The largest absolute Gasteiger partial charge is 0.392 e. The number of β-amino-alcohol motifs (C(OH)–C–C–N with tert-alkyl or cyclic N) is 1. The third-order valence-electron chi connectivity index (χ3n) is 5.84. The molecule has 0 radical (unpaired) electrons. The van der Waals surface area contributed by atoms with Gasteiger partial charge < -0.3 is 16.2 Å². The average molecular weight is 379 g/mol. The highest BCUT2D eigenvalue weighted by atomic mass is 16.3. The van der Waals surface area contributed by atoms with E-state index in [2.05, 4.69) is 51.6 Å². The average Bonchev–Trinajstić information content (AvgIpc) is 3.12. The third kappa shape index (κ3) is 4.54. The summed E-state index contributed by atoms with van der Waals surface area (Å²) < 4.78 is 0. The van der Waals surface area contributed by atoms with Gasteiger partial charge in [0.15, 0.2) is 5.96 Å². The van der Waals surface area contributed by atoms with E-state index in [-0.39, 0.29) is 6.10 Å². The molecule has 4 N–H and O–H groups in total. The summed E-state index contributed by atoms with van der Waals surface area (Å²) in [6.45, 7) is 3.10. The summed E-state index contributed by atoms with van der Waals surface area (Å²) in [4.78, 5) is 6.90. The van der Waals surface area contributed by atoms with Crippen LogP contribution in [0.1, 0.15) is 41.5 Å². The minimum absolute atomic E-state index is 0.193. The third-order valence-corrected chi connectivity index (χ3v) is 5.84. The predicted molar refractivity (Wildman–Crippen MR) is 114 cm³/mol. The zero-order valence-corrected chi connectivity index (χ0v) is 16.4. The minimum Gasteiger partial charge on any atom is -0.392 e. The van der Waals surface area contributed by atoms with E-state index in [1.54, 1.807) is 0 Å². The molecule has 0 saturated carbocycles. The summed E-state index contributed by atoms with van der Waals surface area (Å²) in [5.41, 5.74) is 12.6. The van der Waals surface area contributed by atoms with E-state index in [9.17, 15) is 5.11 Å². The van der Waals surface area contributed by atoms with Gasteiger partial charge in [-0.2, -0.15) is 0 Å². The maximum Gasteiger partial charge on any atom is 0.193 e. The summed E-state index contributed by atoms with van der Waals surface area (Å²) in [5, 5.41) is 13.1. The molecular formula is C23H30N4O. The molecule has 0 spiro atoms. The van der Waals surface area contributed by atoms with Gasteiger partial charge in [-0.05, 0) is 60.4 Å². The molecule has 2 aliphatic rings. The van der Waals surface area contributed by atoms with Gasteiger partial charge in [-0.3, -0.25) is 4.90 Å². The van der Waals surface area contributed by atoms with Crippen LogP contribution in [0.2, 0.25) is 0 Å². The van der Waals surface area contributed by atoms with Crippen LogP contribution in [-0.2, 0) is 25.9 Å². The van der Waals surface area contributed by atoms with E-state index in [1.807, 2.05) is 6.07 Å². The second kappa shape index (κ2) is 8.76. The number of aliphatic imine (C=N–C) groups is 1. The number of hydrogen-bond donors (Lipinski definition) is 3. The van der Waals surface area contributed by atoms with Crippen molar-refractivity contribution in [2.45, 2.75) is 51.3 Å². The van der Waals surface area contributed by atoms with Crippen molar-refractivity contribution < 1.29 is 5.11 Å². The lowest BCUT2D eigenvalue weighted by molar-refractivity contribution is 0.174. The Morgan fingerprint density at radius 3 is 2.75 bits per heavy atom. The molecule has 0 amide bonds. The number of aliphatic hydroxyl groups excluding tert-OH is 1. The highest BCUT2D eigenvalue weighted by Gasteiger charge is 2.20. The first-order valence-corrected chi connectivity index (χ1v) is 10.3. The summed E-state index contributed by atoms with van der Waals surface area (Å²) in [6, 6.07) is 14.8. The molecule has 1 unspecified atom stereocenters. The summed E-state index contributed by atoms with van der Waals surface area (Å²) in [6.07, 6.45) is 5.43. The van der Waals surface area contributed by atoms with Crippen molar-refractivity contribution in [2.24, 2.45) is 10.7 Å². The number of anilines is 1. The molecule has 5 nitrogen and oxygen atoms in total. The quantitative estimate of drug-likeness (QED) is 0.552. The van der Waals surface area contributed by atoms with Crippen molar-refractivity contribution in [3.05, 3.63) is 64.7 Å². The second-order valence-corrected chi connectivity index (χ2v) is 7.92. The number of fused-ring (bicyclic) bond motifs is 1. The van der Waals surface area contributed by atoms with Gasteiger partial charge in [0.1, 0.15) is 0 Å². The van der Waals surface area contributed by atoms with Crippen LogP contribution in [0.15, 0.2) is 47.5 Å². The fourth-order valence-corrected chi connectivity index (χ4v) is 4.31. The highest BCUT2D eigenvalue weighted by molar-refractivity contribution is 5.93. The Morgan fingerprint density at radius 1 is 1.11 bits per heavy atom. The number of nitrogens with zero attached hydrogens (tertiary/aromatic N) is 2. The van der Waals surface area contributed by atoms with Crippen molar-refractivity contribution in [3.8, 4) is 0 Å². The summed E-state index contributed by atoms with van der Waals surface area (Å²) in [5.74, 6) is 0.463. The minimum atomic E-state index is -0.193. The number of benzene rings is 2. The standard InChI is InChI=1S/C23H30N4O/c24-23(26-22-11-5-9-17-6-3-4-10-21(17)22)25-14-18-7-1-2-8-19(18)15-27-13-12-20(28)16-27/h1-2,5,7-9,11,20,28H,3-4,6,10,12-16H2,(H3,24,25,26). The number of hydrogen-bond acceptors (Lipinski definition) is 3. The van der Waals surface area contributed by atoms with Crippen LogP contribution < -0.4 is 11.1 Å². The van der Waals surface area contributed by atoms with Crippen LogP contribution in [0.4, 0.5) is 5.69 Å². The molecule has 1 aliphatic carbocycles. The Balaban J connectivity index is 1.43. The number of guanidine groups is 1. The molecule has 4 rings (SSSR count). The molecular weight excluding hydrogens is 348 g/mol.